The number of hydrogen-bond acceptors (Lipinski definition) is 7. The highest BCUT2D eigenvalue weighted by Gasteiger charge is 2.47. The van der Waals surface area contributed by atoms with Crippen molar-refractivity contribution in [2.75, 3.05) is 49.6 Å². The second-order valence-corrected chi connectivity index (χ2v) is 10.8. The van der Waals surface area contributed by atoms with Crippen LogP contribution < -0.4 is 14.5 Å². The quantitative estimate of drug-likeness (QED) is 0.252. The predicted molar refractivity (Wildman–Crippen MR) is 156 cm³/mol. The molecule has 1 amide bonds. The zero-order valence-corrected chi connectivity index (χ0v) is 23.1. The number of carbonyl (C=O) groups is 2. The SMILES string of the molecule is CC(C)COc1cccc(/C(O)=C2\C(=O)C(=O)N(c3ccc(N4CCN(C)CC4)cc3)C2c2ccc(O)cc2)c1. The number of anilines is 2. The molecule has 208 valence electrons. The minimum Gasteiger partial charge on any atom is -0.508 e. The van der Waals surface area contributed by atoms with Gasteiger partial charge in [0.25, 0.3) is 11.7 Å². The van der Waals surface area contributed by atoms with Crippen LogP contribution in [0.5, 0.6) is 11.5 Å². The van der Waals surface area contributed by atoms with Gasteiger partial charge in [-0.3, -0.25) is 14.5 Å². The molecule has 2 N–H and O–H groups in total. The molecule has 40 heavy (non-hydrogen) atoms. The van der Waals surface area contributed by atoms with E-state index >= 15 is 0 Å². The van der Waals surface area contributed by atoms with E-state index in [1.165, 1.54) is 17.0 Å². The van der Waals surface area contributed by atoms with Crippen molar-refractivity contribution >= 4 is 28.8 Å². The fourth-order valence-corrected chi connectivity index (χ4v) is 5.11. The maximum absolute atomic E-state index is 13.5. The van der Waals surface area contributed by atoms with Crippen molar-refractivity contribution in [3.63, 3.8) is 0 Å². The molecule has 0 spiro atoms. The summed E-state index contributed by atoms with van der Waals surface area (Å²) in [7, 11) is 2.11. The molecule has 0 bridgehead atoms. The molecular formula is C32H35N3O5. The fraction of sp³-hybridized carbons (Fsp3) is 0.312. The second kappa shape index (κ2) is 11.4. The third-order valence-electron chi connectivity index (χ3n) is 7.34. The Morgan fingerprint density at radius 3 is 2.23 bits per heavy atom. The van der Waals surface area contributed by atoms with Gasteiger partial charge in [-0.1, -0.05) is 38.1 Å². The lowest BCUT2D eigenvalue weighted by Gasteiger charge is -2.34. The largest absolute Gasteiger partial charge is 0.508 e. The van der Waals surface area contributed by atoms with Crippen LogP contribution in [0.2, 0.25) is 0 Å². The number of hydrogen-bond donors (Lipinski definition) is 2. The van der Waals surface area contributed by atoms with Crippen LogP contribution in [0.1, 0.15) is 31.0 Å². The summed E-state index contributed by atoms with van der Waals surface area (Å²) >= 11 is 0. The summed E-state index contributed by atoms with van der Waals surface area (Å²) in [6, 6.07) is 19.9. The van der Waals surface area contributed by atoms with E-state index in [0.29, 0.717) is 35.1 Å². The Labute approximate surface area is 234 Å². The third kappa shape index (κ3) is 5.53. The van der Waals surface area contributed by atoms with Crippen molar-refractivity contribution in [3.05, 3.63) is 89.5 Å². The van der Waals surface area contributed by atoms with Gasteiger partial charge in [0.05, 0.1) is 18.2 Å². The van der Waals surface area contributed by atoms with Gasteiger partial charge >= 0.3 is 0 Å². The number of carbonyl (C=O) groups excluding carboxylic acids is 2. The number of phenols is 1. The van der Waals surface area contributed by atoms with Gasteiger partial charge in [0.15, 0.2) is 0 Å². The molecule has 2 fully saturated rings. The van der Waals surface area contributed by atoms with Crippen molar-refractivity contribution in [1.82, 2.24) is 4.90 Å². The van der Waals surface area contributed by atoms with Crippen LogP contribution in [0.3, 0.4) is 0 Å². The van der Waals surface area contributed by atoms with E-state index < -0.39 is 17.7 Å². The molecule has 0 saturated carbocycles. The molecular weight excluding hydrogens is 506 g/mol. The summed E-state index contributed by atoms with van der Waals surface area (Å²) in [5, 5.41) is 21.4. The summed E-state index contributed by atoms with van der Waals surface area (Å²) in [4.78, 5) is 33.0. The highest BCUT2D eigenvalue weighted by atomic mass is 16.5. The fourth-order valence-electron chi connectivity index (χ4n) is 5.11. The van der Waals surface area contributed by atoms with Crippen LogP contribution in [0.15, 0.2) is 78.4 Å². The standard InChI is InChI=1S/C32H35N3O5/c1-21(2)20-40-27-6-4-5-23(19-27)30(37)28-29(22-7-13-26(36)14-8-22)35(32(39)31(28)38)25-11-9-24(10-12-25)34-17-15-33(3)16-18-34/h4-14,19,21,29,36-37H,15-18,20H2,1-3H3/b30-28+. The van der Waals surface area contributed by atoms with E-state index in [0.717, 1.165) is 31.9 Å². The average Bonchev–Trinajstić information content (AvgIpc) is 3.22. The number of aliphatic hydroxyl groups excluding tert-OH is 1. The van der Waals surface area contributed by atoms with Crippen molar-refractivity contribution in [2.45, 2.75) is 19.9 Å². The minimum atomic E-state index is -0.879. The molecule has 8 heteroatoms. The number of aromatic hydroxyl groups is 1. The molecule has 3 aromatic rings. The topological polar surface area (TPSA) is 93.5 Å². The van der Waals surface area contributed by atoms with E-state index in [9.17, 15) is 19.8 Å². The number of benzene rings is 3. The monoisotopic (exact) mass is 541 g/mol. The van der Waals surface area contributed by atoms with Crippen molar-refractivity contribution in [2.24, 2.45) is 5.92 Å². The first-order valence-electron chi connectivity index (χ1n) is 13.6. The second-order valence-electron chi connectivity index (χ2n) is 10.8. The van der Waals surface area contributed by atoms with Crippen molar-refractivity contribution < 1.29 is 24.5 Å². The molecule has 0 aromatic heterocycles. The Bertz CT molecular complexity index is 1410. The normalized spacial score (nSPS) is 19.4. The number of piperazine rings is 1. The van der Waals surface area contributed by atoms with Gasteiger partial charge in [0.1, 0.15) is 17.3 Å². The van der Waals surface area contributed by atoms with Crippen LogP contribution in [0.25, 0.3) is 5.76 Å². The van der Waals surface area contributed by atoms with Crippen LogP contribution in [-0.4, -0.2) is 66.6 Å². The Balaban J connectivity index is 1.54. The van der Waals surface area contributed by atoms with Gasteiger partial charge < -0.3 is 24.7 Å². The lowest BCUT2D eigenvalue weighted by Crippen LogP contribution is -2.44. The van der Waals surface area contributed by atoms with E-state index in [-0.39, 0.29) is 17.1 Å². The van der Waals surface area contributed by atoms with Crippen LogP contribution in [0.4, 0.5) is 11.4 Å². The van der Waals surface area contributed by atoms with E-state index in [4.69, 9.17) is 4.74 Å². The van der Waals surface area contributed by atoms with Crippen LogP contribution >= 0.6 is 0 Å². The summed E-state index contributed by atoms with van der Waals surface area (Å²) < 4.78 is 5.82. The summed E-state index contributed by atoms with van der Waals surface area (Å²) in [6.45, 7) is 8.36. The molecule has 0 radical (unpaired) electrons. The molecule has 3 aromatic carbocycles. The minimum absolute atomic E-state index is 0.0140. The van der Waals surface area contributed by atoms with Gasteiger partial charge in [-0.05, 0) is 67.1 Å². The number of aliphatic hydroxyl groups is 1. The Morgan fingerprint density at radius 2 is 1.57 bits per heavy atom. The highest BCUT2D eigenvalue weighted by Crippen LogP contribution is 2.43. The van der Waals surface area contributed by atoms with Gasteiger partial charge in [-0.15, -0.1) is 0 Å². The number of nitrogens with zero attached hydrogens (tertiary/aromatic N) is 3. The smallest absolute Gasteiger partial charge is 0.300 e. The van der Waals surface area contributed by atoms with E-state index in [1.54, 1.807) is 36.4 Å². The lowest BCUT2D eigenvalue weighted by molar-refractivity contribution is -0.132. The van der Waals surface area contributed by atoms with E-state index in [1.807, 2.05) is 38.1 Å². The van der Waals surface area contributed by atoms with Crippen LogP contribution in [-0.2, 0) is 9.59 Å². The maximum Gasteiger partial charge on any atom is 0.300 e. The first kappa shape index (κ1) is 27.3. The number of amides is 1. The van der Waals surface area contributed by atoms with Gasteiger partial charge in [0.2, 0.25) is 0 Å². The number of ketones is 1. The van der Waals surface area contributed by atoms with Gasteiger partial charge in [-0.2, -0.15) is 0 Å². The Hall–Kier alpha value is -4.30. The number of Topliss-reactive ketones (excluding diaryl/α,β-unsaturated/α-hetero) is 1. The highest BCUT2D eigenvalue weighted by molar-refractivity contribution is 6.51. The number of likely N-dealkylation sites (N-methyl/N-ethyl adjacent to an activating group) is 1. The molecule has 5 rings (SSSR count). The van der Waals surface area contributed by atoms with Crippen molar-refractivity contribution in [3.8, 4) is 11.5 Å². The van der Waals surface area contributed by atoms with Crippen molar-refractivity contribution in [1.29, 1.82) is 0 Å². The predicted octanol–water partition coefficient (Wildman–Crippen LogP) is 4.81. The van der Waals surface area contributed by atoms with Gasteiger partial charge in [-0.25, -0.2) is 0 Å². The van der Waals surface area contributed by atoms with Crippen LogP contribution in [0, 0.1) is 5.92 Å². The molecule has 1 atom stereocenters. The molecule has 8 nitrogen and oxygen atoms in total. The van der Waals surface area contributed by atoms with Gasteiger partial charge in [0, 0.05) is 43.1 Å². The zero-order chi connectivity index (χ0) is 28.4. The molecule has 1 unspecified atom stereocenters. The molecule has 0 aliphatic carbocycles. The summed E-state index contributed by atoms with van der Waals surface area (Å²) in [5.74, 6) is -0.825. The Morgan fingerprint density at radius 1 is 0.925 bits per heavy atom. The number of phenolic OH excluding ortho intramolecular Hbond substituents is 1. The first-order chi connectivity index (χ1) is 19.2. The lowest BCUT2D eigenvalue weighted by atomic mass is 9.95. The zero-order valence-electron chi connectivity index (χ0n) is 23.1. The molecule has 2 saturated heterocycles. The average molecular weight is 542 g/mol. The first-order valence-corrected chi connectivity index (χ1v) is 13.6. The molecule has 2 aliphatic heterocycles. The molecule has 2 aliphatic rings. The Kier molecular flexibility index (Phi) is 7.80. The summed E-state index contributed by atoms with van der Waals surface area (Å²) in [6.07, 6.45) is 0. The summed E-state index contributed by atoms with van der Waals surface area (Å²) in [5.41, 5.74) is 2.56. The maximum atomic E-state index is 13.5. The molecule has 2 heterocycles. The number of ether oxygens (including phenoxy) is 1. The number of rotatable bonds is 7. The van der Waals surface area contributed by atoms with E-state index in [2.05, 4.69) is 16.8 Å². The third-order valence-corrected chi connectivity index (χ3v) is 7.34.